The minimum Gasteiger partial charge on any atom is -0.507 e. The average Bonchev–Trinajstić information content (AvgIpc) is 2.36. The van der Waals surface area contributed by atoms with Crippen molar-refractivity contribution < 1.29 is 15.0 Å². The molecule has 98 valence electrons. The van der Waals surface area contributed by atoms with Crippen LogP contribution in [0.2, 0.25) is 0 Å². The molecule has 2 rings (SSSR count). The first-order chi connectivity index (χ1) is 8.50. The van der Waals surface area contributed by atoms with Crippen molar-refractivity contribution in [3.05, 3.63) is 28.8 Å². The SMILES string of the molecule is Cc1ccc(C(=O)N2CCC(O)CC2)c(O)c1C. The van der Waals surface area contributed by atoms with Crippen LogP contribution in [0, 0.1) is 13.8 Å². The molecule has 2 N–H and O–H groups in total. The van der Waals surface area contributed by atoms with Crippen LogP contribution in [0.25, 0.3) is 0 Å². The molecule has 1 heterocycles. The van der Waals surface area contributed by atoms with E-state index in [9.17, 15) is 15.0 Å². The molecular weight excluding hydrogens is 230 g/mol. The van der Waals surface area contributed by atoms with Gasteiger partial charge >= 0.3 is 0 Å². The van der Waals surface area contributed by atoms with Crippen LogP contribution in [0.5, 0.6) is 5.75 Å². The van der Waals surface area contributed by atoms with E-state index in [1.54, 1.807) is 17.9 Å². The van der Waals surface area contributed by atoms with Crippen LogP contribution in [-0.4, -0.2) is 40.2 Å². The van der Waals surface area contributed by atoms with Crippen LogP contribution in [0.15, 0.2) is 12.1 Å². The van der Waals surface area contributed by atoms with Gasteiger partial charge in [-0.05, 0) is 43.9 Å². The number of aliphatic hydroxyl groups is 1. The fourth-order valence-electron chi connectivity index (χ4n) is 2.21. The molecule has 1 aromatic rings. The first-order valence-corrected chi connectivity index (χ1v) is 6.27. The van der Waals surface area contributed by atoms with Crippen molar-refractivity contribution in [1.82, 2.24) is 4.90 Å². The first kappa shape index (κ1) is 12.9. The van der Waals surface area contributed by atoms with Gasteiger partial charge in [0, 0.05) is 13.1 Å². The normalized spacial score (nSPS) is 16.9. The minimum absolute atomic E-state index is 0.0751. The van der Waals surface area contributed by atoms with Crippen LogP contribution in [-0.2, 0) is 0 Å². The number of aliphatic hydroxyl groups excluding tert-OH is 1. The van der Waals surface area contributed by atoms with Crippen LogP contribution >= 0.6 is 0 Å². The Kier molecular flexibility index (Phi) is 3.57. The second-order valence-corrected chi connectivity index (χ2v) is 4.93. The molecular formula is C14H19NO3. The van der Waals surface area contributed by atoms with Crippen molar-refractivity contribution in [2.45, 2.75) is 32.8 Å². The molecule has 18 heavy (non-hydrogen) atoms. The third-order valence-corrected chi connectivity index (χ3v) is 3.68. The number of aryl methyl sites for hydroxylation is 1. The average molecular weight is 249 g/mol. The van der Waals surface area contributed by atoms with Crippen LogP contribution < -0.4 is 0 Å². The molecule has 0 unspecified atom stereocenters. The van der Waals surface area contributed by atoms with E-state index in [1.165, 1.54) is 0 Å². The lowest BCUT2D eigenvalue weighted by Gasteiger charge is -2.30. The van der Waals surface area contributed by atoms with Gasteiger partial charge in [-0.1, -0.05) is 6.07 Å². The van der Waals surface area contributed by atoms with Gasteiger partial charge in [0.05, 0.1) is 11.7 Å². The number of amides is 1. The van der Waals surface area contributed by atoms with Gasteiger partial charge in [-0.15, -0.1) is 0 Å². The number of phenolic OH excluding ortho intramolecular Hbond substituents is 1. The molecule has 1 fully saturated rings. The Hall–Kier alpha value is -1.55. The quantitative estimate of drug-likeness (QED) is 0.795. The second kappa shape index (κ2) is 4.98. The monoisotopic (exact) mass is 249 g/mol. The molecule has 1 amide bonds. The smallest absolute Gasteiger partial charge is 0.257 e. The summed E-state index contributed by atoms with van der Waals surface area (Å²) in [6, 6.07) is 3.52. The Morgan fingerprint density at radius 1 is 1.28 bits per heavy atom. The third kappa shape index (κ3) is 2.34. The minimum atomic E-state index is -0.303. The summed E-state index contributed by atoms with van der Waals surface area (Å²) in [7, 11) is 0. The standard InChI is InChI=1S/C14H19NO3/c1-9-3-4-12(13(17)10(9)2)14(18)15-7-5-11(16)6-8-15/h3-4,11,16-17H,5-8H2,1-2H3. The number of carbonyl (C=O) groups excluding carboxylic acids is 1. The molecule has 0 radical (unpaired) electrons. The maximum absolute atomic E-state index is 12.3. The lowest BCUT2D eigenvalue weighted by Crippen LogP contribution is -2.40. The largest absolute Gasteiger partial charge is 0.507 e. The predicted octanol–water partition coefficient (Wildman–Crippen LogP) is 1.61. The van der Waals surface area contributed by atoms with Gasteiger partial charge < -0.3 is 15.1 Å². The highest BCUT2D eigenvalue weighted by molar-refractivity contribution is 5.97. The fourth-order valence-corrected chi connectivity index (χ4v) is 2.21. The highest BCUT2D eigenvalue weighted by atomic mass is 16.3. The topological polar surface area (TPSA) is 60.8 Å². The summed E-state index contributed by atoms with van der Waals surface area (Å²) in [5, 5.41) is 19.5. The molecule has 1 aliphatic heterocycles. The summed E-state index contributed by atoms with van der Waals surface area (Å²) in [5.41, 5.74) is 2.07. The Labute approximate surface area is 107 Å². The van der Waals surface area contributed by atoms with E-state index >= 15 is 0 Å². The molecule has 0 saturated carbocycles. The van der Waals surface area contributed by atoms with Gasteiger partial charge in [-0.2, -0.15) is 0 Å². The van der Waals surface area contributed by atoms with E-state index in [0.717, 1.165) is 11.1 Å². The van der Waals surface area contributed by atoms with E-state index in [0.29, 0.717) is 31.5 Å². The molecule has 0 atom stereocenters. The summed E-state index contributed by atoms with van der Waals surface area (Å²) < 4.78 is 0. The first-order valence-electron chi connectivity index (χ1n) is 6.27. The molecule has 0 spiro atoms. The van der Waals surface area contributed by atoms with E-state index in [1.807, 2.05) is 13.0 Å². The van der Waals surface area contributed by atoms with E-state index < -0.39 is 0 Å². The van der Waals surface area contributed by atoms with Gasteiger partial charge in [-0.3, -0.25) is 4.79 Å². The number of hydrogen-bond acceptors (Lipinski definition) is 3. The maximum Gasteiger partial charge on any atom is 0.257 e. The lowest BCUT2D eigenvalue weighted by atomic mass is 10.0. The fraction of sp³-hybridized carbons (Fsp3) is 0.500. The summed E-state index contributed by atoms with van der Waals surface area (Å²) in [6.45, 7) is 4.81. The number of carbonyl (C=O) groups is 1. The molecule has 0 bridgehead atoms. The zero-order valence-corrected chi connectivity index (χ0v) is 10.8. The molecule has 1 aliphatic rings. The number of aromatic hydroxyl groups is 1. The number of piperidine rings is 1. The Balaban J connectivity index is 2.21. The highest BCUT2D eigenvalue weighted by Gasteiger charge is 2.24. The summed E-state index contributed by atoms with van der Waals surface area (Å²) in [6.07, 6.45) is 0.914. The van der Waals surface area contributed by atoms with Crippen LogP contribution in [0.3, 0.4) is 0 Å². The van der Waals surface area contributed by atoms with Gasteiger partial charge in [-0.25, -0.2) is 0 Å². The van der Waals surface area contributed by atoms with Crippen molar-refractivity contribution in [3.63, 3.8) is 0 Å². The van der Waals surface area contributed by atoms with Crippen molar-refractivity contribution in [2.75, 3.05) is 13.1 Å². The van der Waals surface area contributed by atoms with Crippen LogP contribution in [0.1, 0.15) is 34.3 Å². The third-order valence-electron chi connectivity index (χ3n) is 3.68. The van der Waals surface area contributed by atoms with E-state index in [4.69, 9.17) is 0 Å². The molecule has 0 aliphatic carbocycles. The van der Waals surface area contributed by atoms with Crippen molar-refractivity contribution in [3.8, 4) is 5.75 Å². The molecule has 1 aromatic carbocycles. The Morgan fingerprint density at radius 2 is 1.89 bits per heavy atom. The Morgan fingerprint density at radius 3 is 2.50 bits per heavy atom. The zero-order valence-electron chi connectivity index (χ0n) is 10.8. The lowest BCUT2D eigenvalue weighted by molar-refractivity contribution is 0.0544. The van der Waals surface area contributed by atoms with Crippen molar-refractivity contribution >= 4 is 5.91 Å². The Bertz CT molecular complexity index is 462. The predicted molar refractivity (Wildman–Crippen MR) is 68.7 cm³/mol. The molecule has 4 heteroatoms. The van der Waals surface area contributed by atoms with Crippen molar-refractivity contribution in [1.29, 1.82) is 0 Å². The van der Waals surface area contributed by atoms with E-state index in [2.05, 4.69) is 0 Å². The van der Waals surface area contributed by atoms with Gasteiger partial charge in [0.25, 0.3) is 5.91 Å². The molecule has 1 saturated heterocycles. The van der Waals surface area contributed by atoms with Crippen molar-refractivity contribution in [2.24, 2.45) is 0 Å². The summed E-state index contributed by atoms with van der Waals surface area (Å²) in [5.74, 6) is -0.0754. The number of phenols is 1. The molecule has 0 aromatic heterocycles. The number of rotatable bonds is 1. The second-order valence-electron chi connectivity index (χ2n) is 4.93. The summed E-state index contributed by atoms with van der Waals surface area (Å²) in [4.78, 5) is 14.0. The molecule has 4 nitrogen and oxygen atoms in total. The zero-order chi connectivity index (χ0) is 13.3. The number of nitrogens with zero attached hydrogens (tertiary/aromatic N) is 1. The summed E-state index contributed by atoms with van der Waals surface area (Å²) >= 11 is 0. The number of benzene rings is 1. The number of likely N-dealkylation sites (tertiary alicyclic amines) is 1. The van der Waals surface area contributed by atoms with Gasteiger partial charge in [0.1, 0.15) is 5.75 Å². The van der Waals surface area contributed by atoms with Crippen LogP contribution in [0.4, 0.5) is 0 Å². The number of hydrogen-bond donors (Lipinski definition) is 2. The van der Waals surface area contributed by atoms with E-state index in [-0.39, 0.29) is 17.8 Å². The van der Waals surface area contributed by atoms with Gasteiger partial charge in [0.15, 0.2) is 0 Å². The maximum atomic E-state index is 12.3. The van der Waals surface area contributed by atoms with Gasteiger partial charge in [0.2, 0.25) is 0 Å². The highest BCUT2D eigenvalue weighted by Crippen LogP contribution is 2.26.